The van der Waals surface area contributed by atoms with E-state index in [1.165, 1.54) is 25.7 Å². The Morgan fingerprint density at radius 1 is 0.667 bits per heavy atom. The molecule has 2 aliphatic rings. The highest BCUT2D eigenvalue weighted by Gasteiger charge is 2.28. The van der Waals surface area contributed by atoms with Gasteiger partial charge in [-0.25, -0.2) is 9.59 Å². The van der Waals surface area contributed by atoms with Crippen LogP contribution in [0.25, 0.3) is 0 Å². The number of benzene rings is 2. The summed E-state index contributed by atoms with van der Waals surface area (Å²) in [6, 6.07) is 15.3. The fourth-order valence-electron chi connectivity index (χ4n) is 2.71. The van der Waals surface area contributed by atoms with E-state index in [2.05, 4.69) is 29.0 Å². The summed E-state index contributed by atoms with van der Waals surface area (Å²) in [6.45, 7) is 0. The lowest BCUT2D eigenvalue weighted by molar-refractivity contribution is 0.0444. The van der Waals surface area contributed by atoms with Crippen molar-refractivity contribution in [3.63, 3.8) is 0 Å². The summed E-state index contributed by atoms with van der Waals surface area (Å²) in [5.74, 6) is -1.10. The van der Waals surface area contributed by atoms with Gasteiger partial charge >= 0.3 is 11.9 Å². The third kappa shape index (κ3) is 2.87. The minimum atomic E-state index is -0.550. The SMILES string of the molecule is O=C1OC(=O)c2ccccc21.c1ccc2c(c1)CCCC2. The Morgan fingerprint density at radius 2 is 1.10 bits per heavy atom. The number of esters is 2. The summed E-state index contributed by atoms with van der Waals surface area (Å²) in [6.07, 6.45) is 5.38. The van der Waals surface area contributed by atoms with E-state index < -0.39 is 11.9 Å². The lowest BCUT2D eigenvalue weighted by Gasteiger charge is -2.13. The van der Waals surface area contributed by atoms with Gasteiger partial charge in [-0.05, 0) is 48.9 Å². The molecule has 0 fully saturated rings. The molecule has 0 spiro atoms. The van der Waals surface area contributed by atoms with E-state index >= 15 is 0 Å². The highest BCUT2D eigenvalue weighted by atomic mass is 16.6. The highest BCUT2D eigenvalue weighted by Crippen LogP contribution is 2.20. The lowest BCUT2D eigenvalue weighted by atomic mass is 9.92. The Morgan fingerprint density at radius 3 is 1.57 bits per heavy atom. The van der Waals surface area contributed by atoms with E-state index in [1.807, 2.05) is 0 Å². The van der Waals surface area contributed by atoms with Crippen LogP contribution in [0.1, 0.15) is 44.7 Å². The van der Waals surface area contributed by atoms with Crippen LogP contribution in [0.4, 0.5) is 0 Å². The first-order valence-corrected chi connectivity index (χ1v) is 7.18. The van der Waals surface area contributed by atoms with Gasteiger partial charge in [0.25, 0.3) is 0 Å². The number of rotatable bonds is 0. The summed E-state index contributed by atoms with van der Waals surface area (Å²) in [7, 11) is 0. The molecular weight excluding hydrogens is 264 g/mol. The Labute approximate surface area is 123 Å². The van der Waals surface area contributed by atoms with E-state index in [1.54, 1.807) is 35.4 Å². The average molecular weight is 280 g/mol. The van der Waals surface area contributed by atoms with Crippen molar-refractivity contribution in [2.75, 3.05) is 0 Å². The van der Waals surface area contributed by atoms with Crippen LogP contribution in [0.2, 0.25) is 0 Å². The quantitative estimate of drug-likeness (QED) is 0.547. The number of carbonyl (C=O) groups is 2. The second-order valence-corrected chi connectivity index (χ2v) is 5.20. The third-order valence-electron chi connectivity index (χ3n) is 3.81. The van der Waals surface area contributed by atoms with Gasteiger partial charge in [-0.1, -0.05) is 36.4 Å². The Hall–Kier alpha value is -2.42. The molecular formula is C18H16O3. The smallest absolute Gasteiger partial charge is 0.346 e. The lowest BCUT2D eigenvalue weighted by Crippen LogP contribution is -2.00. The van der Waals surface area contributed by atoms with Crippen molar-refractivity contribution in [1.82, 2.24) is 0 Å². The maximum absolute atomic E-state index is 10.8. The standard InChI is InChI=1S/C10H12.C8H4O3/c1-2-6-10-8-4-3-7-9(10)5-1;9-7-5-3-1-2-4-6(5)8(10)11-7/h1-2,5-6H,3-4,7-8H2;1-4H. The molecule has 0 saturated heterocycles. The summed E-state index contributed by atoms with van der Waals surface area (Å²) in [4.78, 5) is 21.7. The Bertz CT molecular complexity index is 630. The van der Waals surface area contributed by atoms with Crippen LogP contribution < -0.4 is 0 Å². The van der Waals surface area contributed by atoms with Gasteiger partial charge in [0, 0.05) is 0 Å². The molecule has 0 saturated carbocycles. The zero-order valence-electron chi connectivity index (χ0n) is 11.7. The first-order valence-electron chi connectivity index (χ1n) is 7.18. The predicted molar refractivity (Wildman–Crippen MR) is 79.3 cm³/mol. The predicted octanol–water partition coefficient (Wildman–Crippen LogP) is 3.56. The summed E-state index contributed by atoms with van der Waals surface area (Å²) in [5.41, 5.74) is 3.87. The van der Waals surface area contributed by atoms with Crippen molar-refractivity contribution >= 4 is 11.9 Å². The van der Waals surface area contributed by atoms with E-state index in [4.69, 9.17) is 0 Å². The van der Waals surface area contributed by atoms with Gasteiger partial charge in [-0.15, -0.1) is 0 Å². The maximum atomic E-state index is 10.8. The third-order valence-corrected chi connectivity index (χ3v) is 3.81. The van der Waals surface area contributed by atoms with Crippen molar-refractivity contribution in [2.24, 2.45) is 0 Å². The molecule has 1 aliphatic heterocycles. The molecule has 0 atom stereocenters. The van der Waals surface area contributed by atoms with Crippen LogP contribution in [-0.4, -0.2) is 11.9 Å². The van der Waals surface area contributed by atoms with Gasteiger partial charge < -0.3 is 4.74 Å². The van der Waals surface area contributed by atoms with Crippen molar-refractivity contribution in [3.8, 4) is 0 Å². The van der Waals surface area contributed by atoms with Gasteiger partial charge in [-0.3, -0.25) is 0 Å². The van der Waals surface area contributed by atoms with Crippen molar-refractivity contribution in [2.45, 2.75) is 25.7 Å². The monoisotopic (exact) mass is 280 g/mol. The molecule has 3 heteroatoms. The van der Waals surface area contributed by atoms with Crippen LogP contribution >= 0.6 is 0 Å². The molecule has 106 valence electrons. The largest absolute Gasteiger partial charge is 0.386 e. The maximum Gasteiger partial charge on any atom is 0.346 e. The van der Waals surface area contributed by atoms with E-state index in [0.717, 1.165) is 0 Å². The summed E-state index contributed by atoms with van der Waals surface area (Å²) in [5, 5.41) is 0. The molecule has 0 aromatic heterocycles. The summed E-state index contributed by atoms with van der Waals surface area (Å²) >= 11 is 0. The molecule has 0 bridgehead atoms. The summed E-state index contributed by atoms with van der Waals surface area (Å²) < 4.78 is 4.35. The molecule has 2 aromatic rings. The molecule has 2 aromatic carbocycles. The molecule has 0 N–H and O–H groups in total. The second kappa shape index (κ2) is 5.92. The number of hydrogen-bond acceptors (Lipinski definition) is 3. The van der Waals surface area contributed by atoms with Crippen LogP contribution in [0.5, 0.6) is 0 Å². The molecule has 21 heavy (non-hydrogen) atoms. The fraction of sp³-hybridized carbons (Fsp3) is 0.222. The fourth-order valence-corrected chi connectivity index (χ4v) is 2.71. The number of carbonyl (C=O) groups excluding carboxylic acids is 2. The number of aryl methyl sites for hydroxylation is 2. The molecule has 1 heterocycles. The molecule has 4 rings (SSSR count). The molecule has 0 radical (unpaired) electrons. The first-order chi connectivity index (χ1) is 10.3. The van der Waals surface area contributed by atoms with Crippen molar-refractivity contribution in [3.05, 3.63) is 70.8 Å². The minimum absolute atomic E-state index is 0.359. The minimum Gasteiger partial charge on any atom is -0.386 e. The number of ether oxygens (including phenoxy) is 1. The normalized spacial score (nSPS) is 15.4. The van der Waals surface area contributed by atoms with E-state index in [0.29, 0.717) is 11.1 Å². The zero-order valence-corrected chi connectivity index (χ0v) is 11.7. The number of fused-ring (bicyclic) bond motifs is 2. The second-order valence-electron chi connectivity index (χ2n) is 5.20. The van der Waals surface area contributed by atoms with Gasteiger partial charge in [0.05, 0.1) is 11.1 Å². The van der Waals surface area contributed by atoms with Crippen LogP contribution in [-0.2, 0) is 17.6 Å². The van der Waals surface area contributed by atoms with Gasteiger partial charge in [0.2, 0.25) is 0 Å². The van der Waals surface area contributed by atoms with Crippen LogP contribution in [0.3, 0.4) is 0 Å². The Balaban J connectivity index is 0.000000126. The number of cyclic esters (lactones) is 2. The first kappa shape index (κ1) is 13.6. The average Bonchev–Trinajstić information content (AvgIpc) is 2.83. The molecule has 0 unspecified atom stereocenters. The molecule has 1 aliphatic carbocycles. The van der Waals surface area contributed by atoms with Gasteiger partial charge in [-0.2, -0.15) is 0 Å². The van der Waals surface area contributed by atoms with E-state index in [9.17, 15) is 9.59 Å². The van der Waals surface area contributed by atoms with Crippen LogP contribution in [0, 0.1) is 0 Å². The van der Waals surface area contributed by atoms with E-state index in [-0.39, 0.29) is 0 Å². The van der Waals surface area contributed by atoms with Crippen LogP contribution in [0.15, 0.2) is 48.5 Å². The van der Waals surface area contributed by atoms with Crippen molar-refractivity contribution < 1.29 is 14.3 Å². The van der Waals surface area contributed by atoms with Gasteiger partial charge in [0.15, 0.2) is 0 Å². The zero-order chi connectivity index (χ0) is 14.7. The molecule has 3 nitrogen and oxygen atoms in total. The number of hydrogen-bond donors (Lipinski definition) is 0. The Kier molecular flexibility index (Phi) is 3.82. The molecule has 0 amide bonds. The highest BCUT2D eigenvalue weighted by molar-refractivity contribution is 6.14. The van der Waals surface area contributed by atoms with Gasteiger partial charge in [0.1, 0.15) is 0 Å². The topological polar surface area (TPSA) is 43.4 Å². The van der Waals surface area contributed by atoms with Crippen molar-refractivity contribution in [1.29, 1.82) is 0 Å².